The Morgan fingerprint density at radius 1 is 1.10 bits per heavy atom. The van der Waals surface area contributed by atoms with Crippen molar-refractivity contribution in [1.29, 1.82) is 0 Å². The Bertz CT molecular complexity index is 1200. The number of amides is 1. The van der Waals surface area contributed by atoms with Crippen LogP contribution in [0.25, 0.3) is 11.0 Å². The summed E-state index contributed by atoms with van der Waals surface area (Å²) in [6.45, 7) is 4.05. The molecule has 3 aromatic carbocycles. The number of nitrogens with zero attached hydrogens (tertiary/aromatic N) is 2. The largest absolute Gasteiger partial charge is 0.342 e. The van der Waals surface area contributed by atoms with Crippen molar-refractivity contribution in [2.45, 2.75) is 26.4 Å². The zero-order valence-corrected chi connectivity index (χ0v) is 17.4. The third-order valence-electron chi connectivity index (χ3n) is 5.11. The summed E-state index contributed by atoms with van der Waals surface area (Å²) in [5.41, 5.74) is 3.68. The number of nitrogens with one attached hydrogen (secondary N) is 1. The fourth-order valence-electron chi connectivity index (χ4n) is 3.48. The average molecular weight is 422 g/mol. The molecule has 0 aliphatic rings. The Kier molecular flexibility index (Phi) is 5.55. The second-order valence-electron chi connectivity index (χ2n) is 7.31. The number of aromatic nitrogens is 2. The molecule has 1 heterocycles. The normalized spacial score (nSPS) is 12.1. The lowest BCUT2D eigenvalue weighted by Crippen LogP contribution is -2.29. The predicted molar refractivity (Wildman–Crippen MR) is 117 cm³/mol. The molecule has 0 fully saturated rings. The standard InChI is InChI=1S/C24H21ClFN3O/c1-15-10-12-17(13-11-15)24(30)27-16(2)23-28-21-8-3-4-9-22(21)29(23)14-18-19(25)6-5-7-20(18)26/h3-13,16H,14H2,1-2H3,(H,27,30). The molecule has 0 saturated carbocycles. The number of imidazole rings is 1. The van der Waals surface area contributed by atoms with Crippen LogP contribution in [-0.4, -0.2) is 15.5 Å². The number of hydrogen-bond donors (Lipinski definition) is 1. The fraction of sp³-hybridized carbons (Fsp3) is 0.167. The molecule has 0 bridgehead atoms. The average Bonchev–Trinajstić information content (AvgIpc) is 3.10. The smallest absolute Gasteiger partial charge is 0.251 e. The van der Waals surface area contributed by atoms with Gasteiger partial charge >= 0.3 is 0 Å². The van der Waals surface area contributed by atoms with E-state index in [1.54, 1.807) is 24.3 Å². The molecule has 1 aromatic heterocycles. The molecule has 1 unspecified atom stereocenters. The highest BCUT2D eigenvalue weighted by molar-refractivity contribution is 6.31. The van der Waals surface area contributed by atoms with E-state index < -0.39 is 6.04 Å². The van der Waals surface area contributed by atoms with E-state index in [4.69, 9.17) is 16.6 Å². The van der Waals surface area contributed by atoms with Crippen molar-refractivity contribution in [2.75, 3.05) is 0 Å². The molecule has 0 radical (unpaired) electrons. The summed E-state index contributed by atoms with van der Waals surface area (Å²) in [5.74, 6) is 0.0728. The number of fused-ring (bicyclic) bond motifs is 1. The number of carbonyl (C=O) groups is 1. The van der Waals surface area contributed by atoms with Crippen LogP contribution in [0.5, 0.6) is 0 Å². The van der Waals surface area contributed by atoms with Gasteiger partial charge in [-0.15, -0.1) is 0 Å². The number of hydrogen-bond acceptors (Lipinski definition) is 2. The molecular formula is C24H21ClFN3O. The SMILES string of the molecule is Cc1ccc(C(=O)NC(C)c2nc3ccccc3n2Cc2c(F)cccc2Cl)cc1. The van der Waals surface area contributed by atoms with Crippen LogP contribution < -0.4 is 5.32 Å². The summed E-state index contributed by atoms with van der Waals surface area (Å²) in [6.07, 6.45) is 0. The van der Waals surface area contributed by atoms with E-state index in [0.717, 1.165) is 16.6 Å². The van der Waals surface area contributed by atoms with Gasteiger partial charge in [-0.25, -0.2) is 9.37 Å². The summed E-state index contributed by atoms with van der Waals surface area (Å²) in [7, 11) is 0. The van der Waals surface area contributed by atoms with Gasteiger partial charge in [0.1, 0.15) is 11.6 Å². The van der Waals surface area contributed by atoms with E-state index >= 15 is 0 Å². The summed E-state index contributed by atoms with van der Waals surface area (Å²) < 4.78 is 16.4. The summed E-state index contributed by atoms with van der Waals surface area (Å²) in [5, 5.41) is 3.36. The Balaban J connectivity index is 1.70. The van der Waals surface area contributed by atoms with Crippen LogP contribution in [0.2, 0.25) is 5.02 Å². The highest BCUT2D eigenvalue weighted by atomic mass is 35.5. The number of para-hydroxylation sites is 2. The monoisotopic (exact) mass is 421 g/mol. The topological polar surface area (TPSA) is 46.9 Å². The van der Waals surface area contributed by atoms with E-state index in [-0.39, 0.29) is 18.3 Å². The lowest BCUT2D eigenvalue weighted by Gasteiger charge is -2.17. The Labute approximate surface area is 179 Å². The minimum atomic E-state index is -0.392. The van der Waals surface area contributed by atoms with Gasteiger partial charge in [0.25, 0.3) is 5.91 Å². The summed E-state index contributed by atoms with van der Waals surface area (Å²) in [6, 6.07) is 19.3. The molecule has 0 aliphatic heterocycles. The fourth-order valence-corrected chi connectivity index (χ4v) is 3.70. The Morgan fingerprint density at radius 3 is 2.57 bits per heavy atom. The van der Waals surface area contributed by atoms with E-state index in [0.29, 0.717) is 22.0 Å². The first-order chi connectivity index (χ1) is 14.4. The zero-order chi connectivity index (χ0) is 21.3. The van der Waals surface area contributed by atoms with Crippen molar-refractivity contribution >= 4 is 28.5 Å². The first kappa shape index (κ1) is 20.1. The van der Waals surface area contributed by atoms with Gasteiger partial charge in [0.2, 0.25) is 0 Å². The molecule has 0 saturated heterocycles. The molecule has 1 amide bonds. The van der Waals surface area contributed by atoms with Crippen LogP contribution in [0.1, 0.15) is 40.3 Å². The van der Waals surface area contributed by atoms with E-state index in [2.05, 4.69) is 5.32 Å². The van der Waals surface area contributed by atoms with Crippen molar-refractivity contribution < 1.29 is 9.18 Å². The van der Waals surface area contributed by atoms with Crippen LogP contribution in [-0.2, 0) is 6.54 Å². The number of benzene rings is 3. The predicted octanol–water partition coefficient (Wildman–Crippen LogP) is 5.68. The molecule has 4 nitrogen and oxygen atoms in total. The van der Waals surface area contributed by atoms with E-state index in [1.165, 1.54) is 6.07 Å². The Morgan fingerprint density at radius 2 is 1.83 bits per heavy atom. The molecule has 152 valence electrons. The minimum Gasteiger partial charge on any atom is -0.342 e. The van der Waals surface area contributed by atoms with Gasteiger partial charge in [0.05, 0.1) is 23.6 Å². The van der Waals surface area contributed by atoms with Gasteiger partial charge in [-0.05, 0) is 50.2 Å². The molecule has 4 rings (SSSR count). The minimum absolute atomic E-state index is 0.190. The number of carbonyl (C=O) groups excluding carboxylic acids is 1. The van der Waals surface area contributed by atoms with Crippen LogP contribution in [0, 0.1) is 12.7 Å². The van der Waals surface area contributed by atoms with Gasteiger partial charge in [-0.1, -0.05) is 47.5 Å². The van der Waals surface area contributed by atoms with Crippen molar-refractivity contribution in [3.8, 4) is 0 Å². The first-order valence-electron chi connectivity index (χ1n) is 9.69. The van der Waals surface area contributed by atoms with Crippen molar-refractivity contribution in [3.05, 3.63) is 100 Å². The van der Waals surface area contributed by atoms with Crippen molar-refractivity contribution in [1.82, 2.24) is 14.9 Å². The number of halogens is 2. The van der Waals surface area contributed by atoms with Gasteiger partial charge in [-0.3, -0.25) is 4.79 Å². The second-order valence-corrected chi connectivity index (χ2v) is 7.71. The summed E-state index contributed by atoms with van der Waals surface area (Å²) >= 11 is 6.26. The van der Waals surface area contributed by atoms with Gasteiger partial charge in [0, 0.05) is 16.1 Å². The first-order valence-corrected chi connectivity index (χ1v) is 10.1. The molecule has 6 heteroatoms. The van der Waals surface area contributed by atoms with Crippen LogP contribution in [0.15, 0.2) is 66.7 Å². The highest BCUT2D eigenvalue weighted by Gasteiger charge is 2.20. The van der Waals surface area contributed by atoms with E-state index in [9.17, 15) is 9.18 Å². The maximum atomic E-state index is 14.5. The third kappa shape index (κ3) is 3.94. The van der Waals surface area contributed by atoms with Crippen LogP contribution in [0.3, 0.4) is 0 Å². The molecule has 0 spiro atoms. The van der Waals surface area contributed by atoms with Gasteiger partial charge in [0.15, 0.2) is 0 Å². The number of aryl methyl sites for hydroxylation is 1. The lowest BCUT2D eigenvalue weighted by atomic mass is 10.1. The molecule has 0 aliphatic carbocycles. The lowest BCUT2D eigenvalue weighted by molar-refractivity contribution is 0.0937. The van der Waals surface area contributed by atoms with E-state index in [1.807, 2.05) is 54.8 Å². The number of rotatable bonds is 5. The highest BCUT2D eigenvalue weighted by Crippen LogP contribution is 2.26. The molecular weight excluding hydrogens is 401 g/mol. The summed E-state index contributed by atoms with van der Waals surface area (Å²) in [4.78, 5) is 17.4. The van der Waals surface area contributed by atoms with Crippen LogP contribution in [0.4, 0.5) is 4.39 Å². The Hall–Kier alpha value is -3.18. The molecule has 30 heavy (non-hydrogen) atoms. The van der Waals surface area contributed by atoms with Crippen LogP contribution >= 0.6 is 11.6 Å². The van der Waals surface area contributed by atoms with Crippen molar-refractivity contribution in [3.63, 3.8) is 0 Å². The van der Waals surface area contributed by atoms with Gasteiger partial charge in [-0.2, -0.15) is 0 Å². The second kappa shape index (κ2) is 8.28. The quantitative estimate of drug-likeness (QED) is 0.451. The third-order valence-corrected chi connectivity index (χ3v) is 5.46. The van der Waals surface area contributed by atoms with Crippen molar-refractivity contribution in [2.24, 2.45) is 0 Å². The van der Waals surface area contributed by atoms with Gasteiger partial charge < -0.3 is 9.88 Å². The molecule has 1 atom stereocenters. The zero-order valence-electron chi connectivity index (χ0n) is 16.7. The molecule has 1 N–H and O–H groups in total. The molecule has 4 aromatic rings. The maximum Gasteiger partial charge on any atom is 0.251 e. The maximum absolute atomic E-state index is 14.5.